The molecule has 2 N–H and O–H groups in total. The summed E-state index contributed by atoms with van der Waals surface area (Å²) >= 11 is 1.67. The Labute approximate surface area is 127 Å². The third kappa shape index (κ3) is 3.11. The van der Waals surface area contributed by atoms with Gasteiger partial charge in [-0.1, -0.05) is 0 Å². The molecule has 2 atom stereocenters. The van der Waals surface area contributed by atoms with E-state index in [-0.39, 0.29) is 12.0 Å². The lowest BCUT2D eigenvalue weighted by Gasteiger charge is -2.14. The van der Waals surface area contributed by atoms with Gasteiger partial charge in [-0.05, 0) is 44.1 Å². The van der Waals surface area contributed by atoms with Crippen LogP contribution in [0.15, 0.2) is 5.38 Å². The molecular weight excluding hydrogens is 290 g/mol. The fourth-order valence-electron chi connectivity index (χ4n) is 3.02. The van der Waals surface area contributed by atoms with Gasteiger partial charge < -0.3 is 15.2 Å². The lowest BCUT2D eigenvalue weighted by molar-refractivity contribution is -0.149. The van der Waals surface area contributed by atoms with Crippen LogP contribution in [0.25, 0.3) is 0 Å². The number of fused-ring (bicyclic) bond motifs is 1. The normalized spacial score (nSPS) is 24.6. The Hall–Kier alpha value is -1.40. The van der Waals surface area contributed by atoms with Crippen LogP contribution in [0.3, 0.4) is 0 Å². The van der Waals surface area contributed by atoms with E-state index in [0.717, 1.165) is 24.8 Å². The minimum atomic E-state index is -0.921. The number of carboxylic acids is 1. The van der Waals surface area contributed by atoms with Gasteiger partial charge in [-0.15, -0.1) is 11.3 Å². The number of hydrogen-bond donors (Lipinski definition) is 2. The highest BCUT2D eigenvalue weighted by Gasteiger charge is 2.30. The molecule has 1 aromatic heterocycles. The minimum Gasteiger partial charge on any atom is -0.479 e. The molecule has 1 aromatic rings. The second kappa shape index (κ2) is 6.15. The second-order valence-corrected chi connectivity index (χ2v) is 6.59. The molecule has 2 unspecified atom stereocenters. The van der Waals surface area contributed by atoms with Crippen molar-refractivity contribution in [2.24, 2.45) is 0 Å². The summed E-state index contributed by atoms with van der Waals surface area (Å²) in [6.07, 6.45) is 4.71. The highest BCUT2D eigenvalue weighted by molar-refractivity contribution is 7.10. The molecule has 0 radical (unpaired) electrons. The van der Waals surface area contributed by atoms with E-state index in [1.807, 2.05) is 5.38 Å². The maximum atomic E-state index is 12.3. The quantitative estimate of drug-likeness (QED) is 0.892. The standard InChI is InChI=1S/C15H19NO4S/c17-14(11-8-21-13-4-2-1-3-10(11)13)16-7-9-5-6-12(20-9)15(18)19/h8-9,12H,1-7H2,(H,16,17)(H,18,19). The summed E-state index contributed by atoms with van der Waals surface area (Å²) in [5, 5.41) is 13.7. The highest BCUT2D eigenvalue weighted by atomic mass is 32.1. The number of nitrogens with one attached hydrogen (secondary N) is 1. The van der Waals surface area contributed by atoms with Gasteiger partial charge in [-0.3, -0.25) is 4.79 Å². The average Bonchev–Trinajstić information content (AvgIpc) is 3.11. The predicted octanol–water partition coefficient (Wildman–Crippen LogP) is 1.99. The molecule has 0 aromatic carbocycles. The van der Waals surface area contributed by atoms with E-state index in [0.29, 0.717) is 19.4 Å². The summed E-state index contributed by atoms with van der Waals surface area (Å²) in [4.78, 5) is 24.4. The maximum Gasteiger partial charge on any atom is 0.332 e. The van der Waals surface area contributed by atoms with E-state index in [9.17, 15) is 9.59 Å². The Morgan fingerprint density at radius 2 is 2.14 bits per heavy atom. The minimum absolute atomic E-state index is 0.0585. The van der Waals surface area contributed by atoms with E-state index >= 15 is 0 Å². The SMILES string of the molecule is O=C(NCC1CCC(C(=O)O)O1)c1csc2c1CCCC2. The van der Waals surface area contributed by atoms with Gasteiger partial charge >= 0.3 is 5.97 Å². The van der Waals surface area contributed by atoms with Gasteiger partial charge in [0.2, 0.25) is 0 Å². The highest BCUT2D eigenvalue weighted by Crippen LogP contribution is 2.30. The molecule has 114 valence electrons. The number of thiophene rings is 1. The van der Waals surface area contributed by atoms with E-state index in [4.69, 9.17) is 9.84 Å². The molecule has 5 nitrogen and oxygen atoms in total. The summed E-state index contributed by atoms with van der Waals surface area (Å²) in [6, 6.07) is 0. The molecular formula is C15H19NO4S. The topological polar surface area (TPSA) is 75.6 Å². The largest absolute Gasteiger partial charge is 0.479 e. The molecule has 0 bridgehead atoms. The molecule has 2 aliphatic rings. The zero-order chi connectivity index (χ0) is 14.8. The van der Waals surface area contributed by atoms with Gasteiger partial charge in [0, 0.05) is 16.8 Å². The van der Waals surface area contributed by atoms with Gasteiger partial charge in [0.05, 0.1) is 11.7 Å². The fraction of sp³-hybridized carbons (Fsp3) is 0.600. The predicted molar refractivity (Wildman–Crippen MR) is 78.8 cm³/mol. The molecule has 1 saturated heterocycles. The van der Waals surface area contributed by atoms with Crippen molar-refractivity contribution in [2.45, 2.75) is 50.7 Å². The lowest BCUT2D eigenvalue weighted by Crippen LogP contribution is -2.33. The van der Waals surface area contributed by atoms with Crippen molar-refractivity contribution >= 4 is 23.2 Å². The third-order valence-corrected chi connectivity index (χ3v) is 5.27. The Morgan fingerprint density at radius 3 is 2.90 bits per heavy atom. The monoisotopic (exact) mass is 309 g/mol. The van der Waals surface area contributed by atoms with Crippen LogP contribution in [-0.2, 0) is 22.4 Å². The molecule has 0 spiro atoms. The van der Waals surface area contributed by atoms with Crippen LogP contribution in [0.2, 0.25) is 0 Å². The maximum absolute atomic E-state index is 12.3. The van der Waals surface area contributed by atoms with E-state index in [1.165, 1.54) is 16.9 Å². The number of carbonyl (C=O) groups is 2. The Morgan fingerprint density at radius 1 is 1.33 bits per heavy atom. The van der Waals surface area contributed by atoms with Gasteiger partial charge in [0.15, 0.2) is 6.10 Å². The number of amides is 1. The average molecular weight is 309 g/mol. The number of carboxylic acid groups (broad SMARTS) is 1. The van der Waals surface area contributed by atoms with Crippen molar-refractivity contribution in [3.63, 3.8) is 0 Å². The van der Waals surface area contributed by atoms with E-state index < -0.39 is 12.1 Å². The molecule has 6 heteroatoms. The van der Waals surface area contributed by atoms with Crippen molar-refractivity contribution in [1.29, 1.82) is 0 Å². The summed E-state index contributed by atoms with van der Waals surface area (Å²) in [5.41, 5.74) is 2.00. The fourth-order valence-corrected chi connectivity index (χ4v) is 4.15. The van der Waals surface area contributed by atoms with Crippen LogP contribution in [0, 0.1) is 0 Å². The summed E-state index contributed by atoms with van der Waals surface area (Å²) in [6.45, 7) is 0.382. The van der Waals surface area contributed by atoms with Crippen molar-refractivity contribution in [1.82, 2.24) is 5.32 Å². The van der Waals surface area contributed by atoms with Crippen molar-refractivity contribution in [3.8, 4) is 0 Å². The van der Waals surface area contributed by atoms with Gasteiger partial charge in [0.25, 0.3) is 5.91 Å². The first-order valence-corrected chi connectivity index (χ1v) is 8.29. The van der Waals surface area contributed by atoms with Crippen molar-refractivity contribution in [3.05, 3.63) is 21.4 Å². The molecule has 1 aliphatic carbocycles. The number of hydrogen-bond acceptors (Lipinski definition) is 4. The van der Waals surface area contributed by atoms with Crippen LogP contribution >= 0.6 is 11.3 Å². The molecule has 1 fully saturated rings. The van der Waals surface area contributed by atoms with Crippen molar-refractivity contribution in [2.75, 3.05) is 6.54 Å². The zero-order valence-electron chi connectivity index (χ0n) is 11.8. The van der Waals surface area contributed by atoms with Gasteiger partial charge in [-0.25, -0.2) is 4.79 Å². The number of rotatable bonds is 4. The van der Waals surface area contributed by atoms with Crippen LogP contribution < -0.4 is 5.32 Å². The number of aryl methyl sites for hydroxylation is 1. The smallest absolute Gasteiger partial charge is 0.332 e. The van der Waals surface area contributed by atoms with Crippen LogP contribution in [0.1, 0.15) is 46.5 Å². The van der Waals surface area contributed by atoms with Gasteiger partial charge in [0.1, 0.15) is 0 Å². The number of ether oxygens (including phenoxy) is 1. The summed E-state index contributed by atoms with van der Waals surface area (Å²) < 4.78 is 5.39. The summed E-state index contributed by atoms with van der Waals surface area (Å²) in [5.74, 6) is -0.979. The molecule has 0 saturated carbocycles. The van der Waals surface area contributed by atoms with Crippen LogP contribution in [-0.4, -0.2) is 35.7 Å². The first kappa shape index (κ1) is 14.5. The first-order chi connectivity index (χ1) is 10.1. The summed E-state index contributed by atoms with van der Waals surface area (Å²) in [7, 11) is 0. The van der Waals surface area contributed by atoms with E-state index in [2.05, 4.69) is 5.32 Å². The van der Waals surface area contributed by atoms with Gasteiger partial charge in [-0.2, -0.15) is 0 Å². The molecule has 1 aliphatic heterocycles. The van der Waals surface area contributed by atoms with Crippen molar-refractivity contribution < 1.29 is 19.4 Å². The third-order valence-electron chi connectivity index (χ3n) is 4.18. The second-order valence-electron chi connectivity index (χ2n) is 5.63. The molecule has 3 rings (SSSR count). The van der Waals surface area contributed by atoms with Crippen LogP contribution in [0.4, 0.5) is 0 Å². The Balaban J connectivity index is 1.55. The van der Waals surface area contributed by atoms with E-state index in [1.54, 1.807) is 11.3 Å². The zero-order valence-corrected chi connectivity index (χ0v) is 12.6. The molecule has 2 heterocycles. The van der Waals surface area contributed by atoms with Crippen LogP contribution in [0.5, 0.6) is 0 Å². The lowest BCUT2D eigenvalue weighted by atomic mass is 9.95. The Bertz CT molecular complexity index is 554. The molecule has 1 amide bonds. The molecule has 21 heavy (non-hydrogen) atoms. The Kier molecular flexibility index (Phi) is 4.26. The first-order valence-electron chi connectivity index (χ1n) is 7.41. The number of carbonyl (C=O) groups excluding carboxylic acids is 1. The number of aliphatic carboxylic acids is 1.